The van der Waals surface area contributed by atoms with E-state index in [1.54, 1.807) is 0 Å². The van der Waals surface area contributed by atoms with E-state index in [1.165, 1.54) is 37.9 Å². The summed E-state index contributed by atoms with van der Waals surface area (Å²) in [5, 5.41) is 0. The van der Waals surface area contributed by atoms with E-state index in [9.17, 15) is 0 Å². The van der Waals surface area contributed by atoms with Gasteiger partial charge in [-0.25, -0.2) is 0 Å². The van der Waals surface area contributed by atoms with Crippen molar-refractivity contribution in [2.24, 2.45) is 0 Å². The predicted octanol–water partition coefficient (Wildman–Crippen LogP) is 3.63. The maximum atomic E-state index is 5.47. The van der Waals surface area contributed by atoms with Gasteiger partial charge >= 0.3 is 0 Å². The third kappa shape index (κ3) is 7.92. The third-order valence-electron chi connectivity index (χ3n) is 3.37. The molecule has 0 spiro atoms. The van der Waals surface area contributed by atoms with Crippen LogP contribution in [-0.4, -0.2) is 37.7 Å². The summed E-state index contributed by atoms with van der Waals surface area (Å²) in [6.07, 6.45) is 8.12. The van der Waals surface area contributed by atoms with E-state index in [2.05, 4.69) is 34.9 Å². The molecule has 1 aliphatic heterocycles. The average molecular weight is 306 g/mol. The number of hydrogen-bond acceptors (Lipinski definition) is 2. The number of likely N-dealkylation sites (tertiary alicyclic amines) is 1. The molecule has 2 rings (SSSR count). The van der Waals surface area contributed by atoms with Crippen LogP contribution < -0.4 is 0 Å². The van der Waals surface area contributed by atoms with Crippen molar-refractivity contribution in [3.8, 4) is 11.8 Å². The van der Waals surface area contributed by atoms with Gasteiger partial charge in [-0.2, -0.15) is 0 Å². The molecule has 0 saturated carbocycles. The SMILES string of the molecule is C(#CCN1CCCCC1)COC/C=C/c1ccccc1.Cl. The lowest BCUT2D eigenvalue weighted by Crippen LogP contribution is -2.29. The molecule has 1 heterocycles. The van der Waals surface area contributed by atoms with Crippen molar-refractivity contribution in [3.05, 3.63) is 42.0 Å². The standard InChI is InChI=1S/C18H23NO.ClH/c1-3-10-18(11-4-1)12-9-17-20-16-8-7-15-19-13-5-2-6-14-19;/h1,3-4,9-12H,2,5-6,13-17H2;1H/b12-9+;. The highest BCUT2D eigenvalue weighted by Crippen LogP contribution is 2.07. The monoisotopic (exact) mass is 305 g/mol. The van der Waals surface area contributed by atoms with E-state index >= 15 is 0 Å². The van der Waals surface area contributed by atoms with Crippen LogP contribution in [0, 0.1) is 11.8 Å². The molecule has 0 N–H and O–H groups in total. The van der Waals surface area contributed by atoms with Crippen LogP contribution in [0.5, 0.6) is 0 Å². The second-order valence-electron chi connectivity index (χ2n) is 5.02. The minimum atomic E-state index is 0. The van der Waals surface area contributed by atoms with Gasteiger partial charge in [0, 0.05) is 0 Å². The minimum Gasteiger partial charge on any atom is -0.365 e. The van der Waals surface area contributed by atoms with Crippen LogP contribution in [0.2, 0.25) is 0 Å². The summed E-state index contributed by atoms with van der Waals surface area (Å²) >= 11 is 0. The zero-order chi connectivity index (χ0) is 13.9. The zero-order valence-electron chi connectivity index (χ0n) is 12.5. The number of hydrogen-bond donors (Lipinski definition) is 0. The molecule has 1 aromatic carbocycles. The molecule has 2 nitrogen and oxygen atoms in total. The first kappa shape index (κ1) is 17.8. The van der Waals surface area contributed by atoms with Gasteiger partial charge in [0.1, 0.15) is 6.61 Å². The van der Waals surface area contributed by atoms with Crippen LogP contribution in [0.4, 0.5) is 0 Å². The van der Waals surface area contributed by atoms with Gasteiger partial charge in [0.2, 0.25) is 0 Å². The topological polar surface area (TPSA) is 12.5 Å². The molecule has 0 bridgehead atoms. The van der Waals surface area contributed by atoms with Crippen LogP contribution in [0.1, 0.15) is 24.8 Å². The highest BCUT2D eigenvalue weighted by Gasteiger charge is 2.07. The van der Waals surface area contributed by atoms with E-state index in [-0.39, 0.29) is 12.4 Å². The van der Waals surface area contributed by atoms with Crippen molar-refractivity contribution < 1.29 is 4.74 Å². The lowest BCUT2D eigenvalue weighted by molar-refractivity contribution is 0.199. The highest BCUT2D eigenvalue weighted by molar-refractivity contribution is 5.85. The van der Waals surface area contributed by atoms with E-state index < -0.39 is 0 Å². The zero-order valence-corrected chi connectivity index (χ0v) is 13.3. The van der Waals surface area contributed by atoms with E-state index in [1.807, 2.05) is 24.3 Å². The van der Waals surface area contributed by atoms with Crippen molar-refractivity contribution in [2.75, 3.05) is 32.8 Å². The van der Waals surface area contributed by atoms with Gasteiger partial charge < -0.3 is 4.74 Å². The normalized spacial score (nSPS) is 15.2. The fraction of sp³-hybridized carbons (Fsp3) is 0.444. The van der Waals surface area contributed by atoms with Crippen LogP contribution in [0.25, 0.3) is 6.08 Å². The molecular formula is C18H24ClNO. The number of ether oxygens (including phenoxy) is 1. The Morgan fingerprint density at radius 3 is 2.57 bits per heavy atom. The van der Waals surface area contributed by atoms with Crippen molar-refractivity contribution in [3.63, 3.8) is 0 Å². The first-order chi connectivity index (χ1) is 9.95. The summed E-state index contributed by atoms with van der Waals surface area (Å²) in [6.45, 7) is 4.44. The minimum absolute atomic E-state index is 0. The summed E-state index contributed by atoms with van der Waals surface area (Å²) < 4.78 is 5.47. The third-order valence-corrected chi connectivity index (χ3v) is 3.37. The van der Waals surface area contributed by atoms with Crippen molar-refractivity contribution in [1.29, 1.82) is 0 Å². The Labute approximate surface area is 134 Å². The maximum absolute atomic E-state index is 5.47. The lowest BCUT2D eigenvalue weighted by atomic mass is 10.1. The molecule has 0 aliphatic carbocycles. The summed E-state index contributed by atoms with van der Waals surface area (Å²) in [6, 6.07) is 10.2. The van der Waals surface area contributed by atoms with Crippen molar-refractivity contribution in [1.82, 2.24) is 4.90 Å². The molecule has 1 aromatic rings. The van der Waals surface area contributed by atoms with Gasteiger partial charge in [-0.05, 0) is 31.5 Å². The molecule has 21 heavy (non-hydrogen) atoms. The van der Waals surface area contributed by atoms with Gasteiger partial charge in [0.15, 0.2) is 0 Å². The van der Waals surface area contributed by atoms with Crippen LogP contribution in [-0.2, 0) is 4.74 Å². The summed E-state index contributed by atoms with van der Waals surface area (Å²) in [7, 11) is 0. The molecule has 1 aliphatic rings. The Morgan fingerprint density at radius 1 is 1.05 bits per heavy atom. The Kier molecular flexibility index (Phi) is 9.65. The summed E-state index contributed by atoms with van der Waals surface area (Å²) in [5.41, 5.74) is 1.20. The Hall–Kier alpha value is -1.27. The molecule has 0 aromatic heterocycles. The van der Waals surface area contributed by atoms with Gasteiger partial charge in [-0.3, -0.25) is 4.90 Å². The van der Waals surface area contributed by atoms with Crippen LogP contribution in [0.15, 0.2) is 36.4 Å². The van der Waals surface area contributed by atoms with Gasteiger partial charge in [0.05, 0.1) is 13.2 Å². The summed E-state index contributed by atoms with van der Waals surface area (Å²) in [5.74, 6) is 6.27. The summed E-state index contributed by atoms with van der Waals surface area (Å²) in [4.78, 5) is 2.42. The van der Waals surface area contributed by atoms with E-state index in [0.717, 1.165) is 6.54 Å². The number of nitrogens with zero attached hydrogens (tertiary/aromatic N) is 1. The lowest BCUT2D eigenvalue weighted by Gasteiger charge is -2.23. The molecule has 0 unspecified atom stereocenters. The molecule has 1 fully saturated rings. The second-order valence-corrected chi connectivity index (χ2v) is 5.02. The Balaban J connectivity index is 0.00000220. The molecule has 1 saturated heterocycles. The van der Waals surface area contributed by atoms with Crippen LogP contribution >= 0.6 is 12.4 Å². The largest absolute Gasteiger partial charge is 0.365 e. The fourth-order valence-corrected chi connectivity index (χ4v) is 2.26. The maximum Gasteiger partial charge on any atom is 0.108 e. The first-order valence-electron chi connectivity index (χ1n) is 7.42. The molecule has 0 amide bonds. The fourth-order valence-electron chi connectivity index (χ4n) is 2.26. The average Bonchev–Trinajstić information content (AvgIpc) is 2.52. The van der Waals surface area contributed by atoms with E-state index in [4.69, 9.17) is 4.74 Å². The number of rotatable bonds is 5. The van der Waals surface area contributed by atoms with Gasteiger partial charge in [0.25, 0.3) is 0 Å². The van der Waals surface area contributed by atoms with Crippen LogP contribution in [0.3, 0.4) is 0 Å². The first-order valence-corrected chi connectivity index (χ1v) is 7.42. The highest BCUT2D eigenvalue weighted by atomic mass is 35.5. The molecule has 3 heteroatoms. The molecular weight excluding hydrogens is 282 g/mol. The van der Waals surface area contributed by atoms with Crippen molar-refractivity contribution in [2.45, 2.75) is 19.3 Å². The number of halogens is 1. The smallest absolute Gasteiger partial charge is 0.108 e. The Bertz CT molecular complexity index is 455. The predicted molar refractivity (Wildman–Crippen MR) is 91.6 cm³/mol. The Morgan fingerprint density at radius 2 is 1.81 bits per heavy atom. The number of benzene rings is 1. The molecule has 0 radical (unpaired) electrons. The van der Waals surface area contributed by atoms with E-state index in [0.29, 0.717) is 13.2 Å². The molecule has 0 atom stereocenters. The number of piperidine rings is 1. The molecule has 114 valence electrons. The second kappa shape index (κ2) is 11.4. The van der Waals surface area contributed by atoms with Gasteiger partial charge in [-0.15, -0.1) is 12.4 Å². The van der Waals surface area contributed by atoms with Crippen molar-refractivity contribution >= 4 is 18.5 Å². The quantitative estimate of drug-likeness (QED) is 0.608. The van der Waals surface area contributed by atoms with Gasteiger partial charge in [-0.1, -0.05) is 60.7 Å².